The standard InChI is InChI=1S/C12H17NO3.C8H8O3/c1-13(2)6-7-16-12-8-11(15-3)5-4-10(12)9-14;1-11-7-3-2-6(5-9)8(10)4-7/h4-5,8-9H,6-7H2,1-3H3;2-5,10H,1H3. The monoisotopic (exact) mass is 375 g/mol. The first kappa shape index (κ1) is 22.0. The topological polar surface area (TPSA) is 85.3 Å². The van der Waals surface area contributed by atoms with Gasteiger partial charge < -0.3 is 24.2 Å². The fraction of sp³-hybridized carbons (Fsp3) is 0.300. The van der Waals surface area contributed by atoms with Gasteiger partial charge >= 0.3 is 0 Å². The maximum atomic E-state index is 10.8. The lowest BCUT2D eigenvalue weighted by atomic mass is 10.2. The Morgan fingerprint density at radius 1 is 0.926 bits per heavy atom. The smallest absolute Gasteiger partial charge is 0.153 e. The van der Waals surface area contributed by atoms with Crippen LogP contribution in [0.25, 0.3) is 0 Å². The zero-order valence-corrected chi connectivity index (χ0v) is 16.0. The number of hydrogen-bond donors (Lipinski definition) is 1. The predicted molar refractivity (Wildman–Crippen MR) is 102 cm³/mol. The van der Waals surface area contributed by atoms with Crippen molar-refractivity contribution in [2.45, 2.75) is 0 Å². The molecule has 1 N–H and O–H groups in total. The van der Waals surface area contributed by atoms with Gasteiger partial charge in [-0.1, -0.05) is 0 Å². The Morgan fingerprint density at radius 3 is 1.96 bits per heavy atom. The Bertz CT molecular complexity index is 745. The minimum atomic E-state index is -0.0562. The Kier molecular flexibility index (Phi) is 9.39. The number of ether oxygens (including phenoxy) is 3. The minimum Gasteiger partial charge on any atom is -0.507 e. The summed E-state index contributed by atoms with van der Waals surface area (Å²) in [4.78, 5) is 23.0. The lowest BCUT2D eigenvalue weighted by molar-refractivity contribution is 0.111. The molecule has 0 aromatic heterocycles. The number of hydrogen-bond acceptors (Lipinski definition) is 7. The van der Waals surface area contributed by atoms with Crippen LogP contribution >= 0.6 is 0 Å². The van der Waals surface area contributed by atoms with Crippen LogP contribution in [0.3, 0.4) is 0 Å². The highest BCUT2D eigenvalue weighted by Crippen LogP contribution is 2.23. The fourth-order valence-electron chi connectivity index (χ4n) is 1.95. The van der Waals surface area contributed by atoms with Gasteiger partial charge in [-0.05, 0) is 38.4 Å². The molecule has 2 aromatic rings. The summed E-state index contributed by atoms with van der Waals surface area (Å²) in [5.74, 6) is 1.73. The van der Waals surface area contributed by atoms with Crippen molar-refractivity contribution in [3.8, 4) is 23.0 Å². The average molecular weight is 375 g/mol. The number of likely N-dealkylation sites (N-methyl/N-ethyl adjacent to an activating group) is 1. The Hall–Kier alpha value is -3.06. The van der Waals surface area contributed by atoms with Gasteiger partial charge in [0, 0.05) is 18.7 Å². The first-order valence-electron chi connectivity index (χ1n) is 8.18. The fourth-order valence-corrected chi connectivity index (χ4v) is 1.95. The molecular formula is C20H25NO6. The van der Waals surface area contributed by atoms with E-state index in [0.29, 0.717) is 35.7 Å². The molecule has 0 fully saturated rings. The Morgan fingerprint density at radius 2 is 1.48 bits per heavy atom. The summed E-state index contributed by atoms with van der Waals surface area (Å²) in [6, 6.07) is 9.66. The molecule has 146 valence electrons. The van der Waals surface area contributed by atoms with Crippen molar-refractivity contribution in [2.24, 2.45) is 0 Å². The third-order valence-corrected chi connectivity index (χ3v) is 3.51. The van der Waals surface area contributed by atoms with Crippen molar-refractivity contribution in [1.82, 2.24) is 4.90 Å². The number of benzene rings is 2. The largest absolute Gasteiger partial charge is 0.507 e. The molecule has 0 bridgehead atoms. The molecule has 2 rings (SSSR count). The summed E-state index contributed by atoms with van der Waals surface area (Å²) >= 11 is 0. The van der Waals surface area contributed by atoms with E-state index in [1.54, 1.807) is 31.4 Å². The maximum Gasteiger partial charge on any atom is 0.153 e. The quantitative estimate of drug-likeness (QED) is 0.710. The molecule has 0 aliphatic heterocycles. The molecule has 7 nitrogen and oxygen atoms in total. The maximum absolute atomic E-state index is 10.8. The van der Waals surface area contributed by atoms with Gasteiger partial charge in [0.25, 0.3) is 0 Å². The predicted octanol–water partition coefficient (Wildman–Crippen LogP) is 2.66. The summed E-state index contributed by atoms with van der Waals surface area (Å²) in [5, 5.41) is 9.11. The number of methoxy groups -OCH3 is 2. The molecule has 2 aromatic carbocycles. The molecular weight excluding hydrogens is 350 g/mol. The molecule has 27 heavy (non-hydrogen) atoms. The van der Waals surface area contributed by atoms with Gasteiger partial charge in [-0.3, -0.25) is 9.59 Å². The molecule has 0 saturated heterocycles. The number of phenolic OH excluding ortho intramolecular Hbond substituents is 1. The Balaban J connectivity index is 0.000000289. The van der Waals surface area contributed by atoms with Crippen LogP contribution in [0.15, 0.2) is 36.4 Å². The van der Waals surface area contributed by atoms with E-state index >= 15 is 0 Å². The van der Waals surface area contributed by atoms with Crippen LogP contribution in [0.5, 0.6) is 23.0 Å². The summed E-state index contributed by atoms with van der Waals surface area (Å²) < 4.78 is 15.4. The van der Waals surface area contributed by atoms with Crippen LogP contribution in [0.1, 0.15) is 20.7 Å². The number of aldehydes is 2. The number of carbonyl (C=O) groups is 2. The highest BCUT2D eigenvalue weighted by atomic mass is 16.5. The molecule has 7 heteroatoms. The molecule has 0 atom stereocenters. The number of nitrogens with zero attached hydrogens (tertiary/aromatic N) is 1. The third kappa shape index (κ3) is 7.37. The second kappa shape index (κ2) is 11.5. The lowest BCUT2D eigenvalue weighted by Gasteiger charge is -2.12. The second-order valence-corrected chi connectivity index (χ2v) is 5.72. The van der Waals surface area contributed by atoms with Crippen LogP contribution in [0.2, 0.25) is 0 Å². The van der Waals surface area contributed by atoms with Crippen LogP contribution in [-0.4, -0.2) is 64.0 Å². The van der Waals surface area contributed by atoms with E-state index in [0.717, 1.165) is 12.8 Å². The molecule has 0 saturated carbocycles. The van der Waals surface area contributed by atoms with Crippen molar-refractivity contribution in [3.63, 3.8) is 0 Å². The van der Waals surface area contributed by atoms with Crippen LogP contribution < -0.4 is 14.2 Å². The van der Waals surface area contributed by atoms with Gasteiger partial charge in [-0.2, -0.15) is 0 Å². The van der Waals surface area contributed by atoms with E-state index in [1.165, 1.54) is 19.2 Å². The summed E-state index contributed by atoms with van der Waals surface area (Å²) in [7, 11) is 7.01. The van der Waals surface area contributed by atoms with Crippen molar-refractivity contribution >= 4 is 12.6 Å². The third-order valence-electron chi connectivity index (χ3n) is 3.51. The van der Waals surface area contributed by atoms with Crippen molar-refractivity contribution < 1.29 is 28.9 Å². The van der Waals surface area contributed by atoms with Gasteiger partial charge in [0.1, 0.15) is 29.6 Å². The highest BCUT2D eigenvalue weighted by molar-refractivity contribution is 5.80. The SMILES string of the molecule is COc1ccc(C=O)c(O)c1.COc1ccc(C=O)c(OCCN(C)C)c1. The highest BCUT2D eigenvalue weighted by Gasteiger charge is 2.05. The van der Waals surface area contributed by atoms with Crippen LogP contribution in [0, 0.1) is 0 Å². The summed E-state index contributed by atoms with van der Waals surface area (Å²) in [6.45, 7) is 1.34. The van der Waals surface area contributed by atoms with Gasteiger partial charge in [0.15, 0.2) is 12.6 Å². The van der Waals surface area contributed by atoms with Crippen molar-refractivity contribution in [1.29, 1.82) is 0 Å². The normalized spacial score (nSPS) is 9.81. The van der Waals surface area contributed by atoms with Gasteiger partial charge in [-0.25, -0.2) is 0 Å². The molecule has 0 aliphatic rings. The van der Waals surface area contributed by atoms with E-state index in [9.17, 15) is 9.59 Å². The first-order chi connectivity index (χ1) is 12.9. The van der Waals surface area contributed by atoms with E-state index in [1.807, 2.05) is 19.0 Å². The number of carbonyl (C=O) groups excluding carboxylic acids is 2. The minimum absolute atomic E-state index is 0.0562. The van der Waals surface area contributed by atoms with E-state index in [4.69, 9.17) is 19.3 Å². The van der Waals surface area contributed by atoms with Gasteiger partial charge in [-0.15, -0.1) is 0 Å². The van der Waals surface area contributed by atoms with Gasteiger partial charge in [0.05, 0.1) is 25.3 Å². The second-order valence-electron chi connectivity index (χ2n) is 5.72. The van der Waals surface area contributed by atoms with Crippen LogP contribution in [-0.2, 0) is 0 Å². The van der Waals surface area contributed by atoms with Crippen LogP contribution in [0.4, 0.5) is 0 Å². The van der Waals surface area contributed by atoms with E-state index < -0.39 is 0 Å². The molecule has 0 amide bonds. The van der Waals surface area contributed by atoms with E-state index in [-0.39, 0.29) is 11.3 Å². The van der Waals surface area contributed by atoms with Gasteiger partial charge in [0.2, 0.25) is 0 Å². The molecule has 0 unspecified atom stereocenters. The molecule has 0 heterocycles. The van der Waals surface area contributed by atoms with Crippen molar-refractivity contribution in [2.75, 3.05) is 41.5 Å². The van der Waals surface area contributed by atoms with E-state index in [2.05, 4.69) is 0 Å². The van der Waals surface area contributed by atoms with Crippen molar-refractivity contribution in [3.05, 3.63) is 47.5 Å². The average Bonchev–Trinajstić information content (AvgIpc) is 2.68. The first-order valence-corrected chi connectivity index (χ1v) is 8.18. The zero-order valence-electron chi connectivity index (χ0n) is 16.0. The number of aromatic hydroxyl groups is 1. The number of rotatable bonds is 8. The lowest BCUT2D eigenvalue weighted by Crippen LogP contribution is -2.19. The summed E-state index contributed by atoms with van der Waals surface area (Å²) in [5.41, 5.74) is 0.811. The number of phenols is 1. The molecule has 0 aliphatic carbocycles. The zero-order chi connectivity index (χ0) is 20.2. The molecule has 0 radical (unpaired) electrons. The Labute approximate surface area is 159 Å². The summed E-state index contributed by atoms with van der Waals surface area (Å²) in [6.07, 6.45) is 1.37. The molecule has 0 spiro atoms.